The molecule has 202 valence electrons. The number of hydrogen-bond acceptors (Lipinski definition) is 9. The van der Waals surface area contributed by atoms with Crippen LogP contribution in [0.25, 0.3) is 0 Å². The molecule has 0 heterocycles. The fourth-order valence-electron chi connectivity index (χ4n) is 3.03. The first-order chi connectivity index (χ1) is 16.2. The molecule has 3 N–H and O–H groups in total. The summed E-state index contributed by atoms with van der Waals surface area (Å²) >= 11 is 0. The van der Waals surface area contributed by atoms with Gasteiger partial charge >= 0.3 is 19.8 Å². The fraction of sp³-hybridized carbons (Fsp3) is 0.913. The van der Waals surface area contributed by atoms with Crippen molar-refractivity contribution in [1.29, 1.82) is 0 Å². The van der Waals surface area contributed by atoms with Crippen LogP contribution in [0.3, 0.4) is 0 Å². The van der Waals surface area contributed by atoms with Crippen molar-refractivity contribution in [2.45, 2.75) is 110 Å². The summed E-state index contributed by atoms with van der Waals surface area (Å²) < 4.78 is 31.6. The van der Waals surface area contributed by atoms with Gasteiger partial charge in [-0.05, 0) is 12.8 Å². The zero-order valence-electron chi connectivity index (χ0n) is 20.8. The molecule has 0 aromatic rings. The van der Waals surface area contributed by atoms with Crippen molar-refractivity contribution >= 4 is 19.8 Å². The average molecular weight is 513 g/mol. The van der Waals surface area contributed by atoms with Gasteiger partial charge in [0, 0.05) is 12.8 Å². The summed E-state index contributed by atoms with van der Waals surface area (Å²) in [6.07, 6.45) is 9.87. The summed E-state index contributed by atoms with van der Waals surface area (Å²) in [5.74, 6) is -0.989. The summed E-state index contributed by atoms with van der Waals surface area (Å²) in [6.45, 7) is 1.90. The van der Waals surface area contributed by atoms with Crippen molar-refractivity contribution in [2.75, 3.05) is 26.4 Å². The summed E-state index contributed by atoms with van der Waals surface area (Å²) in [6, 6.07) is 0. The minimum atomic E-state index is -4.57. The van der Waals surface area contributed by atoms with Gasteiger partial charge in [0.05, 0.1) is 19.8 Å². The molecule has 3 unspecified atom stereocenters. The van der Waals surface area contributed by atoms with E-state index in [-0.39, 0.29) is 19.4 Å². The highest BCUT2D eigenvalue weighted by atomic mass is 31.2. The van der Waals surface area contributed by atoms with E-state index >= 15 is 0 Å². The van der Waals surface area contributed by atoms with Crippen LogP contribution in [0.5, 0.6) is 0 Å². The van der Waals surface area contributed by atoms with Gasteiger partial charge in [-0.15, -0.1) is 0 Å². The molecule has 0 aromatic carbocycles. The van der Waals surface area contributed by atoms with Crippen LogP contribution in [0.1, 0.15) is 97.3 Å². The van der Waals surface area contributed by atoms with Gasteiger partial charge in [-0.25, -0.2) is 4.57 Å². The van der Waals surface area contributed by atoms with E-state index in [2.05, 4.69) is 11.4 Å². The SMILES string of the molecule is CCCCCCCCCCCCC(=O)OC(COC(=O)CCC)COP(=O)(O)OCC(O)CO. The molecule has 0 rings (SSSR count). The van der Waals surface area contributed by atoms with E-state index in [1.165, 1.54) is 38.5 Å². The first-order valence-electron chi connectivity index (χ1n) is 12.5. The van der Waals surface area contributed by atoms with Gasteiger partial charge in [-0.1, -0.05) is 71.6 Å². The molecule has 0 saturated carbocycles. The Balaban J connectivity index is 4.35. The normalized spacial score (nSPS) is 14.9. The third kappa shape index (κ3) is 20.4. The van der Waals surface area contributed by atoms with Crippen LogP contribution in [0.15, 0.2) is 0 Å². The summed E-state index contributed by atoms with van der Waals surface area (Å²) in [5, 5.41) is 18.0. The number of aliphatic hydroxyl groups is 2. The molecule has 0 fully saturated rings. The molecule has 0 aliphatic heterocycles. The Morgan fingerprint density at radius 2 is 1.32 bits per heavy atom. The van der Waals surface area contributed by atoms with Gasteiger partial charge in [-0.3, -0.25) is 18.6 Å². The molecule has 0 saturated heterocycles. The van der Waals surface area contributed by atoms with Crippen LogP contribution in [-0.2, 0) is 32.7 Å². The van der Waals surface area contributed by atoms with Crippen molar-refractivity contribution in [3.63, 3.8) is 0 Å². The highest BCUT2D eigenvalue weighted by Gasteiger charge is 2.27. The Kier molecular flexibility index (Phi) is 20.6. The van der Waals surface area contributed by atoms with Gasteiger partial charge in [0.15, 0.2) is 6.10 Å². The molecular weight excluding hydrogens is 467 g/mol. The molecule has 0 aliphatic rings. The van der Waals surface area contributed by atoms with Gasteiger partial charge in [0.2, 0.25) is 0 Å². The Hall–Kier alpha value is -1.03. The first-order valence-corrected chi connectivity index (χ1v) is 14.0. The van der Waals surface area contributed by atoms with Gasteiger partial charge < -0.3 is 24.6 Å². The molecule has 0 bridgehead atoms. The number of rotatable bonds is 23. The van der Waals surface area contributed by atoms with Crippen LogP contribution in [0, 0.1) is 0 Å². The maximum Gasteiger partial charge on any atom is 0.472 e. The Bertz CT molecular complexity index is 572. The van der Waals surface area contributed by atoms with Gasteiger partial charge in [0.25, 0.3) is 0 Å². The number of phosphoric ester groups is 1. The monoisotopic (exact) mass is 512 g/mol. The van der Waals surface area contributed by atoms with Crippen molar-refractivity contribution in [3.05, 3.63) is 0 Å². The third-order valence-corrected chi connectivity index (χ3v) is 5.93. The largest absolute Gasteiger partial charge is 0.472 e. The maximum atomic E-state index is 12.2. The van der Waals surface area contributed by atoms with Crippen LogP contribution in [-0.4, -0.2) is 65.7 Å². The summed E-state index contributed by atoms with van der Waals surface area (Å²) in [4.78, 5) is 33.5. The number of unbranched alkanes of at least 4 members (excludes halogenated alkanes) is 9. The van der Waals surface area contributed by atoms with Gasteiger partial charge in [0.1, 0.15) is 12.7 Å². The minimum Gasteiger partial charge on any atom is -0.462 e. The van der Waals surface area contributed by atoms with E-state index in [4.69, 9.17) is 19.1 Å². The average Bonchev–Trinajstić information content (AvgIpc) is 2.80. The van der Waals surface area contributed by atoms with E-state index in [9.17, 15) is 24.2 Å². The zero-order valence-corrected chi connectivity index (χ0v) is 21.7. The predicted octanol–water partition coefficient (Wildman–Crippen LogP) is 4.04. The van der Waals surface area contributed by atoms with Crippen LogP contribution < -0.4 is 0 Å². The zero-order chi connectivity index (χ0) is 25.7. The lowest BCUT2D eigenvalue weighted by Gasteiger charge is -2.20. The fourth-order valence-corrected chi connectivity index (χ4v) is 3.82. The first kappa shape index (κ1) is 33.0. The highest BCUT2D eigenvalue weighted by molar-refractivity contribution is 7.47. The number of phosphoric acid groups is 1. The second-order valence-corrected chi connectivity index (χ2v) is 9.83. The molecule has 0 amide bonds. The Morgan fingerprint density at radius 3 is 1.88 bits per heavy atom. The summed E-state index contributed by atoms with van der Waals surface area (Å²) in [5.41, 5.74) is 0. The topological polar surface area (TPSA) is 149 Å². The number of hydrogen-bond donors (Lipinski definition) is 3. The Morgan fingerprint density at radius 1 is 0.765 bits per heavy atom. The standard InChI is InChI=1S/C23H45O10P/c1-3-5-6-7-8-9-10-11-12-13-15-23(27)33-21(18-30-22(26)14-4-2)19-32-34(28,29)31-17-20(25)16-24/h20-21,24-25H,3-19H2,1-2H3,(H,28,29). The maximum absolute atomic E-state index is 12.2. The van der Waals surface area contributed by atoms with Crippen LogP contribution in [0.4, 0.5) is 0 Å². The van der Waals surface area contributed by atoms with E-state index in [1.807, 2.05) is 6.92 Å². The molecule has 34 heavy (non-hydrogen) atoms. The lowest BCUT2D eigenvalue weighted by Crippen LogP contribution is -2.29. The number of carbonyl (C=O) groups excluding carboxylic acids is 2. The second kappa shape index (κ2) is 21.3. The lowest BCUT2D eigenvalue weighted by atomic mass is 10.1. The molecule has 0 aliphatic carbocycles. The quantitative estimate of drug-likeness (QED) is 0.104. The number of carbonyl (C=O) groups is 2. The molecule has 3 atom stereocenters. The minimum absolute atomic E-state index is 0.186. The van der Waals surface area contributed by atoms with E-state index in [1.54, 1.807) is 0 Å². The van der Waals surface area contributed by atoms with Crippen molar-refractivity contribution < 1.29 is 47.8 Å². The van der Waals surface area contributed by atoms with Crippen LogP contribution >= 0.6 is 7.82 Å². The van der Waals surface area contributed by atoms with E-state index < -0.39 is 51.8 Å². The number of esters is 2. The highest BCUT2D eigenvalue weighted by Crippen LogP contribution is 2.43. The van der Waals surface area contributed by atoms with Crippen LogP contribution in [0.2, 0.25) is 0 Å². The van der Waals surface area contributed by atoms with E-state index in [0.717, 1.165) is 19.3 Å². The number of aliphatic hydroxyl groups excluding tert-OH is 2. The second-order valence-electron chi connectivity index (χ2n) is 8.37. The van der Waals surface area contributed by atoms with Crippen molar-refractivity contribution in [2.24, 2.45) is 0 Å². The lowest BCUT2D eigenvalue weighted by molar-refractivity contribution is -0.161. The predicted molar refractivity (Wildman–Crippen MR) is 127 cm³/mol. The molecule has 0 radical (unpaired) electrons. The Labute approximate surface area is 203 Å². The third-order valence-electron chi connectivity index (χ3n) is 4.98. The van der Waals surface area contributed by atoms with Crippen molar-refractivity contribution in [1.82, 2.24) is 0 Å². The van der Waals surface area contributed by atoms with Crippen molar-refractivity contribution in [3.8, 4) is 0 Å². The summed E-state index contributed by atoms with van der Waals surface area (Å²) in [7, 11) is -4.57. The van der Waals surface area contributed by atoms with E-state index in [0.29, 0.717) is 12.8 Å². The molecular formula is C23H45O10P. The molecule has 11 heteroatoms. The molecule has 0 aromatic heterocycles. The number of ether oxygens (including phenoxy) is 2. The molecule has 0 spiro atoms. The smallest absolute Gasteiger partial charge is 0.462 e. The van der Waals surface area contributed by atoms with Gasteiger partial charge in [-0.2, -0.15) is 0 Å². The molecule has 10 nitrogen and oxygen atoms in total.